The van der Waals surface area contributed by atoms with Crippen LogP contribution in [0.4, 0.5) is 11.5 Å². The molecule has 0 aliphatic heterocycles. The van der Waals surface area contributed by atoms with Crippen LogP contribution in [0.1, 0.15) is 11.1 Å². The smallest absolute Gasteiger partial charge is 0.311 e. The van der Waals surface area contributed by atoms with Crippen molar-refractivity contribution >= 4 is 11.5 Å². The van der Waals surface area contributed by atoms with Gasteiger partial charge in [0, 0.05) is 31.2 Å². The minimum absolute atomic E-state index is 0.0101. The molecule has 6 nitrogen and oxygen atoms in total. The van der Waals surface area contributed by atoms with E-state index in [2.05, 4.69) is 15.3 Å². The highest BCUT2D eigenvalue weighted by atomic mass is 16.6. The zero-order valence-corrected chi connectivity index (χ0v) is 9.83. The summed E-state index contributed by atoms with van der Waals surface area (Å²) < 4.78 is 0. The molecule has 0 aliphatic carbocycles. The average molecular weight is 244 g/mol. The van der Waals surface area contributed by atoms with E-state index >= 15 is 0 Å². The van der Waals surface area contributed by atoms with E-state index in [1.165, 1.54) is 6.07 Å². The van der Waals surface area contributed by atoms with Crippen molar-refractivity contribution in [1.29, 1.82) is 0 Å². The van der Waals surface area contributed by atoms with Crippen molar-refractivity contribution in [3.63, 3.8) is 0 Å². The van der Waals surface area contributed by atoms with Gasteiger partial charge in [-0.1, -0.05) is 0 Å². The van der Waals surface area contributed by atoms with E-state index < -0.39 is 4.92 Å². The van der Waals surface area contributed by atoms with Gasteiger partial charge in [0.1, 0.15) is 0 Å². The zero-order valence-electron chi connectivity index (χ0n) is 9.83. The van der Waals surface area contributed by atoms with Crippen molar-refractivity contribution in [3.05, 3.63) is 58.0 Å². The molecule has 0 radical (unpaired) electrons. The number of nitrogens with zero attached hydrogens (tertiary/aromatic N) is 3. The molecule has 0 saturated carbocycles. The van der Waals surface area contributed by atoms with E-state index in [9.17, 15) is 10.1 Å². The van der Waals surface area contributed by atoms with Gasteiger partial charge in [-0.3, -0.25) is 15.1 Å². The standard InChI is InChI=1S/C12H12N4O2/c1-9-6-11(16(17)18)12(14-7-9)15-8-10-2-4-13-5-3-10/h2-7H,8H2,1H3,(H,14,15). The molecule has 1 N–H and O–H groups in total. The van der Waals surface area contributed by atoms with Crippen LogP contribution >= 0.6 is 0 Å². The minimum atomic E-state index is -0.436. The first-order valence-electron chi connectivity index (χ1n) is 5.40. The Balaban J connectivity index is 2.17. The van der Waals surface area contributed by atoms with Gasteiger partial charge in [0.25, 0.3) is 0 Å². The number of hydrogen-bond donors (Lipinski definition) is 1. The minimum Gasteiger partial charge on any atom is -0.360 e. The lowest BCUT2D eigenvalue weighted by atomic mass is 10.2. The van der Waals surface area contributed by atoms with E-state index in [-0.39, 0.29) is 11.5 Å². The topological polar surface area (TPSA) is 81.0 Å². The van der Waals surface area contributed by atoms with Gasteiger partial charge in [0.15, 0.2) is 0 Å². The Morgan fingerprint density at radius 2 is 2.11 bits per heavy atom. The van der Waals surface area contributed by atoms with Crippen LogP contribution in [0.5, 0.6) is 0 Å². The first-order chi connectivity index (χ1) is 8.66. The van der Waals surface area contributed by atoms with Crippen LogP contribution in [0.15, 0.2) is 36.8 Å². The maximum atomic E-state index is 10.9. The van der Waals surface area contributed by atoms with Gasteiger partial charge in [-0.15, -0.1) is 0 Å². The molecule has 0 saturated heterocycles. The fraction of sp³-hybridized carbons (Fsp3) is 0.167. The molecule has 0 bridgehead atoms. The lowest BCUT2D eigenvalue weighted by Crippen LogP contribution is -2.05. The Hall–Kier alpha value is -2.50. The lowest BCUT2D eigenvalue weighted by Gasteiger charge is -2.06. The molecule has 2 aromatic rings. The third-order valence-corrected chi connectivity index (χ3v) is 2.41. The van der Waals surface area contributed by atoms with Crippen LogP contribution in [0, 0.1) is 17.0 Å². The first-order valence-corrected chi connectivity index (χ1v) is 5.40. The number of aryl methyl sites for hydroxylation is 1. The van der Waals surface area contributed by atoms with Crippen LogP contribution in [0.25, 0.3) is 0 Å². The van der Waals surface area contributed by atoms with E-state index in [1.807, 2.05) is 12.1 Å². The summed E-state index contributed by atoms with van der Waals surface area (Å²) in [5.41, 5.74) is 1.74. The van der Waals surface area contributed by atoms with E-state index in [0.717, 1.165) is 11.1 Å². The number of pyridine rings is 2. The lowest BCUT2D eigenvalue weighted by molar-refractivity contribution is -0.384. The van der Waals surface area contributed by atoms with Crippen LogP contribution < -0.4 is 5.32 Å². The fourth-order valence-corrected chi connectivity index (χ4v) is 1.52. The maximum absolute atomic E-state index is 10.9. The van der Waals surface area contributed by atoms with Crippen LogP contribution in [0.3, 0.4) is 0 Å². The second-order valence-electron chi connectivity index (χ2n) is 3.85. The van der Waals surface area contributed by atoms with Gasteiger partial charge in [0.05, 0.1) is 4.92 Å². The van der Waals surface area contributed by atoms with Crippen molar-refractivity contribution in [3.8, 4) is 0 Å². The summed E-state index contributed by atoms with van der Waals surface area (Å²) in [7, 11) is 0. The summed E-state index contributed by atoms with van der Waals surface area (Å²) in [6.45, 7) is 2.24. The molecule has 0 unspecified atom stereocenters. The molecule has 2 heterocycles. The fourth-order valence-electron chi connectivity index (χ4n) is 1.52. The third-order valence-electron chi connectivity index (χ3n) is 2.41. The molecule has 0 fully saturated rings. The zero-order chi connectivity index (χ0) is 13.0. The first kappa shape index (κ1) is 12.0. The molecule has 0 aromatic carbocycles. The molecule has 0 atom stereocenters. The number of anilines is 1. The van der Waals surface area contributed by atoms with Crippen LogP contribution in [-0.4, -0.2) is 14.9 Å². The molecule has 0 spiro atoms. The highest BCUT2D eigenvalue weighted by molar-refractivity contribution is 5.56. The van der Waals surface area contributed by atoms with Crippen LogP contribution in [0.2, 0.25) is 0 Å². The van der Waals surface area contributed by atoms with Crippen molar-refractivity contribution in [2.24, 2.45) is 0 Å². The van der Waals surface area contributed by atoms with Gasteiger partial charge in [-0.25, -0.2) is 4.98 Å². The van der Waals surface area contributed by atoms with Gasteiger partial charge in [-0.2, -0.15) is 0 Å². The molecule has 18 heavy (non-hydrogen) atoms. The van der Waals surface area contributed by atoms with Crippen LogP contribution in [-0.2, 0) is 6.54 Å². The van der Waals surface area contributed by atoms with Gasteiger partial charge in [-0.05, 0) is 30.2 Å². The Bertz CT molecular complexity index is 557. The molecule has 0 amide bonds. The molecule has 92 valence electrons. The van der Waals surface area contributed by atoms with E-state index in [0.29, 0.717) is 6.54 Å². The van der Waals surface area contributed by atoms with Crippen molar-refractivity contribution in [2.45, 2.75) is 13.5 Å². The predicted molar refractivity (Wildman–Crippen MR) is 67.2 cm³/mol. The number of hydrogen-bond acceptors (Lipinski definition) is 5. The summed E-state index contributed by atoms with van der Waals surface area (Å²) in [4.78, 5) is 18.4. The number of nitrogens with one attached hydrogen (secondary N) is 1. The molecule has 2 rings (SSSR count). The Kier molecular flexibility index (Phi) is 3.47. The van der Waals surface area contributed by atoms with E-state index in [4.69, 9.17) is 0 Å². The normalized spacial score (nSPS) is 10.1. The third kappa shape index (κ3) is 2.79. The number of rotatable bonds is 4. The summed E-state index contributed by atoms with van der Waals surface area (Å²) in [6.07, 6.45) is 4.95. The predicted octanol–water partition coefficient (Wildman–Crippen LogP) is 2.31. The van der Waals surface area contributed by atoms with Crippen molar-refractivity contribution in [1.82, 2.24) is 9.97 Å². The number of nitro groups is 1. The SMILES string of the molecule is Cc1cnc(NCc2ccncc2)c([N+](=O)[O-])c1. The highest BCUT2D eigenvalue weighted by Crippen LogP contribution is 2.22. The summed E-state index contributed by atoms with van der Waals surface area (Å²) in [5, 5.41) is 13.9. The largest absolute Gasteiger partial charge is 0.360 e. The average Bonchev–Trinajstić information content (AvgIpc) is 2.38. The number of aromatic nitrogens is 2. The van der Waals surface area contributed by atoms with Gasteiger partial charge in [0.2, 0.25) is 5.82 Å². The Morgan fingerprint density at radius 1 is 1.39 bits per heavy atom. The monoisotopic (exact) mass is 244 g/mol. The molecular formula is C12H12N4O2. The molecule has 0 aliphatic rings. The Morgan fingerprint density at radius 3 is 2.78 bits per heavy atom. The molecule has 6 heteroatoms. The Labute approximate surface area is 104 Å². The second-order valence-corrected chi connectivity index (χ2v) is 3.85. The quantitative estimate of drug-likeness (QED) is 0.659. The molecule has 2 aromatic heterocycles. The van der Waals surface area contributed by atoms with E-state index in [1.54, 1.807) is 25.5 Å². The summed E-state index contributed by atoms with van der Waals surface area (Å²) >= 11 is 0. The summed E-state index contributed by atoms with van der Waals surface area (Å²) in [5.74, 6) is 0.280. The van der Waals surface area contributed by atoms with Gasteiger partial charge >= 0.3 is 5.69 Å². The maximum Gasteiger partial charge on any atom is 0.311 e. The molecular weight excluding hydrogens is 232 g/mol. The second kappa shape index (κ2) is 5.22. The van der Waals surface area contributed by atoms with Crippen molar-refractivity contribution in [2.75, 3.05) is 5.32 Å². The van der Waals surface area contributed by atoms with Gasteiger partial charge < -0.3 is 5.32 Å². The van der Waals surface area contributed by atoms with Crippen molar-refractivity contribution < 1.29 is 4.92 Å². The highest BCUT2D eigenvalue weighted by Gasteiger charge is 2.14. The summed E-state index contributed by atoms with van der Waals surface area (Å²) in [6, 6.07) is 5.18.